The third kappa shape index (κ3) is 3.33. The lowest BCUT2D eigenvalue weighted by molar-refractivity contribution is -0.147. The first kappa shape index (κ1) is 17.0. The monoisotopic (exact) mass is 328 g/mol. The average molecular weight is 328 g/mol. The Bertz CT molecular complexity index is 640. The molecule has 2 aliphatic rings. The highest BCUT2D eigenvalue weighted by atomic mass is 16.2. The highest BCUT2D eigenvalue weighted by Crippen LogP contribution is 2.52. The summed E-state index contributed by atoms with van der Waals surface area (Å²) in [6.07, 6.45) is 3.11. The molecule has 0 spiro atoms. The maximum Gasteiger partial charge on any atom is 0.312 e. The number of carbonyl (C=O) groups excluding carboxylic acids is 2. The van der Waals surface area contributed by atoms with Gasteiger partial charge in [-0.25, -0.2) is 0 Å². The molecule has 2 bridgehead atoms. The predicted molar refractivity (Wildman–Crippen MR) is 94.2 cm³/mol. The van der Waals surface area contributed by atoms with Crippen molar-refractivity contribution in [2.24, 2.45) is 10.8 Å². The molecule has 1 N–H and O–H groups in total. The third-order valence-electron chi connectivity index (χ3n) is 5.52. The number of nitrogens with one attached hydrogen (secondary N) is 1. The van der Waals surface area contributed by atoms with Gasteiger partial charge in [0, 0.05) is 12.6 Å². The fourth-order valence-corrected chi connectivity index (χ4v) is 4.91. The minimum Gasteiger partial charge on any atom is -0.341 e. The first-order chi connectivity index (χ1) is 11.2. The second-order valence-corrected chi connectivity index (χ2v) is 8.75. The topological polar surface area (TPSA) is 49.4 Å². The molecule has 1 aliphatic heterocycles. The Hall–Kier alpha value is -1.84. The van der Waals surface area contributed by atoms with Crippen molar-refractivity contribution >= 4 is 11.8 Å². The normalized spacial score (nSPS) is 29.2. The maximum absolute atomic E-state index is 12.7. The summed E-state index contributed by atoms with van der Waals surface area (Å²) in [6.45, 7) is 9.39. The standard InChI is InChI=1S/C20H28N2O2/c1-14(15-8-6-5-7-9-15)21-17(23)18(24)22-13-20(4)11-16(22)10-19(2,3)12-20/h5-9,14,16H,10-13H2,1-4H3,(H,21,23). The van der Waals surface area contributed by atoms with Crippen molar-refractivity contribution in [1.82, 2.24) is 10.2 Å². The van der Waals surface area contributed by atoms with E-state index in [-0.39, 0.29) is 28.8 Å². The molecule has 3 rings (SSSR count). The Labute approximate surface area is 144 Å². The lowest BCUT2D eigenvalue weighted by atomic mass is 9.65. The zero-order valence-electron chi connectivity index (χ0n) is 15.1. The second-order valence-electron chi connectivity index (χ2n) is 8.75. The van der Waals surface area contributed by atoms with Crippen molar-refractivity contribution < 1.29 is 9.59 Å². The molecule has 1 aromatic carbocycles. The molecule has 2 amide bonds. The Morgan fingerprint density at radius 3 is 2.50 bits per heavy atom. The first-order valence-corrected chi connectivity index (χ1v) is 8.86. The Morgan fingerprint density at radius 2 is 1.83 bits per heavy atom. The number of amides is 2. The van der Waals surface area contributed by atoms with Crippen LogP contribution in [0.4, 0.5) is 0 Å². The van der Waals surface area contributed by atoms with E-state index in [4.69, 9.17) is 0 Å². The number of nitrogens with zero attached hydrogens (tertiary/aromatic N) is 1. The van der Waals surface area contributed by atoms with Crippen molar-refractivity contribution in [2.75, 3.05) is 6.54 Å². The summed E-state index contributed by atoms with van der Waals surface area (Å²) in [5.41, 5.74) is 1.39. The van der Waals surface area contributed by atoms with E-state index in [1.165, 1.54) is 0 Å². The van der Waals surface area contributed by atoms with E-state index in [1.54, 1.807) is 0 Å². The van der Waals surface area contributed by atoms with Gasteiger partial charge in [-0.05, 0) is 42.6 Å². The van der Waals surface area contributed by atoms with Crippen LogP contribution in [0.3, 0.4) is 0 Å². The highest BCUT2D eigenvalue weighted by molar-refractivity contribution is 6.35. The maximum atomic E-state index is 12.7. The van der Waals surface area contributed by atoms with Crippen molar-refractivity contribution in [3.05, 3.63) is 35.9 Å². The fourth-order valence-electron chi connectivity index (χ4n) is 4.91. The van der Waals surface area contributed by atoms with Gasteiger partial charge in [-0.3, -0.25) is 9.59 Å². The summed E-state index contributed by atoms with van der Waals surface area (Å²) in [4.78, 5) is 27.0. The molecule has 4 heteroatoms. The largest absolute Gasteiger partial charge is 0.341 e. The van der Waals surface area contributed by atoms with Crippen LogP contribution in [0.5, 0.6) is 0 Å². The van der Waals surface area contributed by atoms with Crippen molar-refractivity contribution in [3.8, 4) is 0 Å². The van der Waals surface area contributed by atoms with E-state index in [2.05, 4.69) is 26.1 Å². The van der Waals surface area contributed by atoms with E-state index >= 15 is 0 Å². The zero-order valence-corrected chi connectivity index (χ0v) is 15.1. The Balaban J connectivity index is 1.67. The van der Waals surface area contributed by atoms with Gasteiger partial charge in [-0.1, -0.05) is 51.1 Å². The van der Waals surface area contributed by atoms with E-state index in [0.717, 1.165) is 24.8 Å². The molecule has 0 aromatic heterocycles. The van der Waals surface area contributed by atoms with Gasteiger partial charge in [0.2, 0.25) is 0 Å². The van der Waals surface area contributed by atoms with Gasteiger partial charge < -0.3 is 10.2 Å². The molecule has 24 heavy (non-hydrogen) atoms. The van der Waals surface area contributed by atoms with Crippen molar-refractivity contribution in [3.63, 3.8) is 0 Å². The van der Waals surface area contributed by atoms with Crippen LogP contribution in [0.1, 0.15) is 58.6 Å². The van der Waals surface area contributed by atoms with Gasteiger partial charge in [0.15, 0.2) is 0 Å². The molecular weight excluding hydrogens is 300 g/mol. The number of hydrogen-bond donors (Lipinski definition) is 1. The minimum absolute atomic E-state index is 0.146. The summed E-state index contributed by atoms with van der Waals surface area (Å²) < 4.78 is 0. The number of benzene rings is 1. The molecule has 1 saturated carbocycles. The molecule has 3 atom stereocenters. The van der Waals surface area contributed by atoms with Gasteiger partial charge in [-0.15, -0.1) is 0 Å². The molecule has 1 saturated heterocycles. The predicted octanol–water partition coefficient (Wildman–Crippen LogP) is 3.29. The zero-order chi connectivity index (χ0) is 17.5. The van der Waals surface area contributed by atoms with Gasteiger partial charge in [0.1, 0.15) is 0 Å². The van der Waals surface area contributed by atoms with Crippen molar-refractivity contribution in [2.45, 2.75) is 59.0 Å². The molecule has 1 aliphatic carbocycles. The third-order valence-corrected chi connectivity index (χ3v) is 5.52. The molecule has 4 nitrogen and oxygen atoms in total. The average Bonchev–Trinajstić information content (AvgIpc) is 2.76. The summed E-state index contributed by atoms with van der Waals surface area (Å²) in [7, 11) is 0. The van der Waals surface area contributed by atoms with E-state index in [9.17, 15) is 9.59 Å². The van der Waals surface area contributed by atoms with Crippen molar-refractivity contribution in [1.29, 1.82) is 0 Å². The number of likely N-dealkylation sites (tertiary alicyclic amines) is 1. The molecule has 3 unspecified atom stereocenters. The van der Waals surface area contributed by atoms with Gasteiger partial charge >= 0.3 is 11.8 Å². The van der Waals surface area contributed by atoms with Crippen LogP contribution in [0.25, 0.3) is 0 Å². The summed E-state index contributed by atoms with van der Waals surface area (Å²) >= 11 is 0. The lowest BCUT2D eigenvalue weighted by Gasteiger charge is -2.39. The van der Waals surface area contributed by atoms with Crippen LogP contribution < -0.4 is 5.32 Å². The summed E-state index contributed by atoms with van der Waals surface area (Å²) in [5, 5.41) is 2.86. The fraction of sp³-hybridized carbons (Fsp3) is 0.600. The molecule has 1 heterocycles. The van der Waals surface area contributed by atoms with Crippen LogP contribution in [0.15, 0.2) is 30.3 Å². The van der Waals surface area contributed by atoms with E-state index in [0.29, 0.717) is 6.54 Å². The van der Waals surface area contributed by atoms with Gasteiger partial charge in [0.05, 0.1) is 6.04 Å². The Kier molecular flexibility index (Phi) is 4.18. The van der Waals surface area contributed by atoms with Crippen LogP contribution in [0.2, 0.25) is 0 Å². The first-order valence-electron chi connectivity index (χ1n) is 8.86. The van der Waals surface area contributed by atoms with Crippen LogP contribution in [-0.2, 0) is 9.59 Å². The number of carbonyl (C=O) groups is 2. The SMILES string of the molecule is CC(NC(=O)C(=O)N1CC2(C)CC1CC(C)(C)C2)c1ccccc1. The molecule has 0 radical (unpaired) electrons. The second kappa shape index (κ2) is 5.91. The molecule has 1 aromatic rings. The molecule has 130 valence electrons. The van der Waals surface area contributed by atoms with Crippen LogP contribution in [-0.4, -0.2) is 29.3 Å². The quantitative estimate of drug-likeness (QED) is 0.847. The summed E-state index contributed by atoms with van der Waals surface area (Å²) in [5.74, 6) is -0.857. The Morgan fingerprint density at radius 1 is 1.17 bits per heavy atom. The number of rotatable bonds is 2. The minimum atomic E-state index is -0.486. The summed E-state index contributed by atoms with van der Waals surface area (Å²) in [6, 6.07) is 9.76. The highest BCUT2D eigenvalue weighted by Gasteiger charge is 2.51. The van der Waals surface area contributed by atoms with E-state index < -0.39 is 5.91 Å². The number of fused-ring (bicyclic) bond motifs is 2. The van der Waals surface area contributed by atoms with Crippen LogP contribution in [0, 0.1) is 10.8 Å². The number of hydrogen-bond acceptors (Lipinski definition) is 2. The van der Waals surface area contributed by atoms with Gasteiger partial charge in [0.25, 0.3) is 0 Å². The van der Waals surface area contributed by atoms with Gasteiger partial charge in [-0.2, -0.15) is 0 Å². The molecule has 2 fully saturated rings. The lowest BCUT2D eigenvalue weighted by Crippen LogP contribution is -2.46. The van der Waals surface area contributed by atoms with E-state index in [1.807, 2.05) is 42.2 Å². The smallest absolute Gasteiger partial charge is 0.312 e. The molecular formula is C20H28N2O2. The van der Waals surface area contributed by atoms with Crippen LogP contribution >= 0.6 is 0 Å².